The lowest BCUT2D eigenvalue weighted by Gasteiger charge is -2.26. The minimum absolute atomic E-state index is 0.000377. The summed E-state index contributed by atoms with van der Waals surface area (Å²) < 4.78 is 46.5. The predicted molar refractivity (Wildman–Crippen MR) is 101 cm³/mol. The SMILES string of the molecule is NCCOc1ccc(C2=C(C(F)(F)F)C=C(Nc3n[nH]c(N)n3)CC2Cl)cc1. The minimum Gasteiger partial charge on any atom is -0.492 e. The monoisotopic (exact) mass is 414 g/mol. The first-order chi connectivity index (χ1) is 13.3. The second-order valence-corrected chi connectivity index (χ2v) is 6.52. The molecule has 150 valence electrons. The molecule has 11 heteroatoms. The molecule has 0 aliphatic heterocycles. The number of nitrogens with one attached hydrogen (secondary N) is 2. The number of benzene rings is 1. The van der Waals surface area contributed by atoms with Gasteiger partial charge < -0.3 is 21.5 Å². The third kappa shape index (κ3) is 4.57. The van der Waals surface area contributed by atoms with Crippen molar-refractivity contribution in [2.24, 2.45) is 5.73 Å². The Morgan fingerprint density at radius 3 is 2.57 bits per heavy atom. The molecule has 0 saturated carbocycles. The Hall–Kier alpha value is -2.72. The summed E-state index contributed by atoms with van der Waals surface area (Å²) in [5.74, 6) is 0.634. The number of ether oxygens (including phenoxy) is 1. The fourth-order valence-electron chi connectivity index (χ4n) is 2.81. The lowest BCUT2D eigenvalue weighted by molar-refractivity contribution is -0.0879. The summed E-state index contributed by atoms with van der Waals surface area (Å²) in [7, 11) is 0. The summed E-state index contributed by atoms with van der Waals surface area (Å²) in [6.45, 7) is 0.656. The van der Waals surface area contributed by atoms with Crippen molar-refractivity contribution in [3.8, 4) is 5.75 Å². The quantitative estimate of drug-likeness (QED) is 0.540. The molecule has 0 radical (unpaired) electrons. The number of nitrogen functional groups attached to an aromatic ring is 1. The zero-order valence-electron chi connectivity index (χ0n) is 14.6. The Morgan fingerprint density at radius 1 is 1.29 bits per heavy atom. The van der Waals surface area contributed by atoms with Gasteiger partial charge in [-0.25, -0.2) is 5.10 Å². The van der Waals surface area contributed by atoms with Gasteiger partial charge in [-0.15, -0.1) is 16.7 Å². The number of aromatic amines is 1. The highest BCUT2D eigenvalue weighted by atomic mass is 35.5. The molecule has 1 atom stereocenters. The largest absolute Gasteiger partial charge is 0.492 e. The second-order valence-electron chi connectivity index (χ2n) is 6.00. The van der Waals surface area contributed by atoms with Gasteiger partial charge in [-0.1, -0.05) is 12.1 Å². The number of rotatable bonds is 6. The molecule has 3 rings (SSSR count). The Bertz CT molecular complexity index is 891. The van der Waals surface area contributed by atoms with Crippen LogP contribution < -0.4 is 21.5 Å². The van der Waals surface area contributed by atoms with Crippen molar-refractivity contribution in [1.29, 1.82) is 0 Å². The van der Waals surface area contributed by atoms with Crippen LogP contribution in [0.25, 0.3) is 5.57 Å². The molecule has 1 aromatic carbocycles. The molecule has 1 aliphatic rings. The maximum Gasteiger partial charge on any atom is 0.416 e. The van der Waals surface area contributed by atoms with Crippen LogP contribution in [0.4, 0.5) is 25.1 Å². The molecule has 28 heavy (non-hydrogen) atoms. The molecule has 6 N–H and O–H groups in total. The van der Waals surface area contributed by atoms with Crippen molar-refractivity contribution in [2.75, 3.05) is 24.2 Å². The van der Waals surface area contributed by atoms with Crippen LogP contribution in [-0.4, -0.2) is 39.9 Å². The summed E-state index contributed by atoms with van der Waals surface area (Å²) in [6.07, 6.45) is -3.45. The summed E-state index contributed by atoms with van der Waals surface area (Å²) in [5.41, 5.74) is 10.6. The van der Waals surface area contributed by atoms with E-state index in [0.717, 1.165) is 6.08 Å². The van der Waals surface area contributed by atoms with Gasteiger partial charge in [0.25, 0.3) is 0 Å². The first-order valence-electron chi connectivity index (χ1n) is 8.32. The first kappa shape index (κ1) is 20.0. The summed E-state index contributed by atoms with van der Waals surface area (Å²) in [5, 5.41) is 7.97. The number of H-pyrrole nitrogens is 1. The second kappa shape index (κ2) is 8.11. The van der Waals surface area contributed by atoms with E-state index in [1.54, 1.807) is 24.3 Å². The predicted octanol–water partition coefficient (Wildman–Crippen LogP) is 3.05. The van der Waals surface area contributed by atoms with Gasteiger partial charge in [-0.2, -0.15) is 18.2 Å². The molecule has 0 bridgehead atoms. The van der Waals surface area contributed by atoms with Crippen LogP contribution in [-0.2, 0) is 0 Å². The number of nitrogens with zero attached hydrogens (tertiary/aromatic N) is 2. The molecular weight excluding hydrogens is 397 g/mol. The Labute approximate surface area is 163 Å². The fraction of sp³-hybridized carbons (Fsp3) is 0.294. The first-order valence-corrected chi connectivity index (χ1v) is 8.75. The third-order valence-corrected chi connectivity index (χ3v) is 4.33. The molecule has 1 aliphatic carbocycles. The van der Waals surface area contributed by atoms with Crippen LogP contribution in [0.5, 0.6) is 5.75 Å². The van der Waals surface area contributed by atoms with Gasteiger partial charge in [-0.05, 0) is 29.3 Å². The Balaban J connectivity index is 1.95. The van der Waals surface area contributed by atoms with Crippen LogP contribution in [0.1, 0.15) is 12.0 Å². The lowest BCUT2D eigenvalue weighted by Crippen LogP contribution is -2.23. The van der Waals surface area contributed by atoms with Gasteiger partial charge in [0, 0.05) is 18.7 Å². The van der Waals surface area contributed by atoms with Crippen LogP contribution in [0, 0.1) is 0 Å². The van der Waals surface area contributed by atoms with Gasteiger partial charge in [0.1, 0.15) is 12.4 Å². The van der Waals surface area contributed by atoms with E-state index in [-0.39, 0.29) is 29.6 Å². The zero-order chi connectivity index (χ0) is 20.3. The van der Waals surface area contributed by atoms with Gasteiger partial charge in [-0.3, -0.25) is 0 Å². The van der Waals surface area contributed by atoms with Crippen molar-refractivity contribution in [2.45, 2.75) is 18.0 Å². The average Bonchev–Trinajstić information content (AvgIpc) is 3.04. The van der Waals surface area contributed by atoms with Crippen molar-refractivity contribution in [3.63, 3.8) is 0 Å². The topological polar surface area (TPSA) is 115 Å². The molecule has 7 nitrogen and oxygen atoms in total. The van der Waals surface area contributed by atoms with Gasteiger partial charge in [0.15, 0.2) is 0 Å². The molecule has 2 aromatic rings. The number of anilines is 2. The van der Waals surface area contributed by atoms with Crippen molar-refractivity contribution < 1.29 is 17.9 Å². The molecule has 0 saturated heterocycles. The van der Waals surface area contributed by atoms with Crippen LogP contribution in [0.2, 0.25) is 0 Å². The van der Waals surface area contributed by atoms with E-state index in [1.165, 1.54) is 0 Å². The normalized spacial score (nSPS) is 17.5. The molecule has 0 amide bonds. The standard InChI is InChI=1S/C17H18ClF3N6O/c18-13-8-10(24-16-25-15(23)26-27-16)7-12(17(19,20)21)14(13)9-1-3-11(4-2-9)28-6-5-22/h1-4,7,13H,5-6,8,22H2,(H4,23,24,25,26,27). The molecule has 1 unspecified atom stereocenters. The van der Waals surface area contributed by atoms with E-state index in [0.29, 0.717) is 24.5 Å². The van der Waals surface area contributed by atoms with Gasteiger partial charge in [0.05, 0.1) is 11.0 Å². The summed E-state index contributed by atoms with van der Waals surface area (Å²) in [6, 6.07) is 6.27. The zero-order valence-corrected chi connectivity index (χ0v) is 15.3. The van der Waals surface area contributed by atoms with E-state index >= 15 is 0 Å². The van der Waals surface area contributed by atoms with Crippen molar-refractivity contribution in [3.05, 3.63) is 47.2 Å². The Morgan fingerprint density at radius 2 is 2.00 bits per heavy atom. The van der Waals surface area contributed by atoms with E-state index in [4.69, 9.17) is 27.8 Å². The molecule has 1 aromatic heterocycles. The van der Waals surface area contributed by atoms with E-state index in [2.05, 4.69) is 20.5 Å². The highest BCUT2D eigenvalue weighted by Crippen LogP contribution is 2.42. The van der Waals surface area contributed by atoms with E-state index in [1.807, 2.05) is 0 Å². The van der Waals surface area contributed by atoms with Gasteiger partial charge in [0.2, 0.25) is 11.9 Å². The average molecular weight is 415 g/mol. The number of hydrogen-bond donors (Lipinski definition) is 4. The third-order valence-electron chi connectivity index (χ3n) is 3.95. The smallest absolute Gasteiger partial charge is 0.416 e. The number of hydrogen-bond acceptors (Lipinski definition) is 6. The van der Waals surface area contributed by atoms with Gasteiger partial charge >= 0.3 is 6.18 Å². The van der Waals surface area contributed by atoms with Crippen LogP contribution in [0.3, 0.4) is 0 Å². The number of allylic oxidation sites excluding steroid dienone is 4. The molecule has 0 fully saturated rings. The fourth-order valence-corrected chi connectivity index (χ4v) is 3.22. The molecular formula is C17H18ClF3N6O. The lowest BCUT2D eigenvalue weighted by atomic mass is 9.89. The minimum atomic E-state index is -4.59. The van der Waals surface area contributed by atoms with E-state index in [9.17, 15) is 13.2 Å². The number of nitrogens with two attached hydrogens (primary N) is 2. The van der Waals surface area contributed by atoms with Crippen molar-refractivity contribution >= 4 is 29.1 Å². The number of aromatic nitrogens is 3. The highest BCUT2D eigenvalue weighted by molar-refractivity contribution is 6.27. The maximum atomic E-state index is 13.7. The van der Waals surface area contributed by atoms with Crippen LogP contribution >= 0.6 is 11.6 Å². The summed E-state index contributed by atoms with van der Waals surface area (Å²) in [4.78, 5) is 3.82. The number of alkyl halides is 4. The molecule has 0 spiro atoms. The molecule has 1 heterocycles. The van der Waals surface area contributed by atoms with Crippen molar-refractivity contribution in [1.82, 2.24) is 15.2 Å². The summed E-state index contributed by atoms with van der Waals surface area (Å²) >= 11 is 6.35. The Kier molecular flexibility index (Phi) is 5.80. The number of halogens is 4. The highest BCUT2D eigenvalue weighted by Gasteiger charge is 2.39. The van der Waals surface area contributed by atoms with Crippen LogP contribution in [0.15, 0.2) is 41.6 Å². The maximum absolute atomic E-state index is 13.7. The van der Waals surface area contributed by atoms with E-state index < -0.39 is 17.1 Å².